The fraction of sp³-hybridized carbons (Fsp3) is 0. The molecule has 0 bridgehead atoms. The minimum absolute atomic E-state index is 0.231. The molecule has 1 aromatic heterocycles. The van der Waals surface area contributed by atoms with Crippen molar-refractivity contribution in [3.05, 3.63) is 40.0 Å². The molecule has 0 unspecified atom stereocenters. The first-order chi connectivity index (χ1) is 8.08. The van der Waals surface area contributed by atoms with Gasteiger partial charge in [-0.2, -0.15) is 0 Å². The SMILES string of the molecule is Nc1cncnc1Nc1c(Cl)cc(F)cc1Br. The van der Waals surface area contributed by atoms with E-state index in [2.05, 4.69) is 31.2 Å². The van der Waals surface area contributed by atoms with Gasteiger partial charge in [-0.25, -0.2) is 14.4 Å². The average Bonchev–Trinajstić information content (AvgIpc) is 2.25. The number of halogens is 3. The molecular weight excluding hydrogens is 310 g/mol. The number of rotatable bonds is 2. The third-order valence-corrected chi connectivity index (χ3v) is 2.91. The molecule has 0 aliphatic heterocycles. The van der Waals surface area contributed by atoms with Crippen LogP contribution in [0.15, 0.2) is 29.1 Å². The van der Waals surface area contributed by atoms with Crippen molar-refractivity contribution in [3.8, 4) is 0 Å². The van der Waals surface area contributed by atoms with Crippen LogP contribution in [0.25, 0.3) is 0 Å². The average molecular weight is 318 g/mol. The van der Waals surface area contributed by atoms with Crippen molar-refractivity contribution in [2.75, 3.05) is 11.1 Å². The first kappa shape index (κ1) is 12.1. The molecule has 0 atom stereocenters. The van der Waals surface area contributed by atoms with Crippen molar-refractivity contribution in [1.82, 2.24) is 9.97 Å². The number of hydrogen-bond donors (Lipinski definition) is 2. The Morgan fingerprint density at radius 3 is 2.82 bits per heavy atom. The summed E-state index contributed by atoms with van der Waals surface area (Å²) in [4.78, 5) is 7.72. The molecule has 17 heavy (non-hydrogen) atoms. The van der Waals surface area contributed by atoms with Crippen LogP contribution in [0.4, 0.5) is 21.6 Å². The maximum atomic E-state index is 13.0. The maximum Gasteiger partial charge on any atom is 0.157 e. The molecule has 2 aromatic rings. The highest BCUT2D eigenvalue weighted by molar-refractivity contribution is 9.10. The highest BCUT2D eigenvalue weighted by atomic mass is 79.9. The Morgan fingerprint density at radius 2 is 2.18 bits per heavy atom. The number of nitrogens with one attached hydrogen (secondary N) is 1. The lowest BCUT2D eigenvalue weighted by Gasteiger charge is -2.11. The first-order valence-corrected chi connectivity index (χ1v) is 5.72. The summed E-state index contributed by atoms with van der Waals surface area (Å²) in [5, 5.41) is 3.15. The first-order valence-electron chi connectivity index (χ1n) is 4.55. The lowest BCUT2D eigenvalue weighted by atomic mass is 10.3. The lowest BCUT2D eigenvalue weighted by molar-refractivity contribution is 0.627. The number of nitrogen functional groups attached to an aromatic ring is 1. The van der Waals surface area contributed by atoms with E-state index in [0.717, 1.165) is 0 Å². The van der Waals surface area contributed by atoms with Gasteiger partial charge in [0.05, 0.1) is 22.6 Å². The predicted molar refractivity (Wildman–Crippen MR) is 68.8 cm³/mol. The van der Waals surface area contributed by atoms with Crippen molar-refractivity contribution in [1.29, 1.82) is 0 Å². The van der Waals surface area contributed by atoms with E-state index in [1.165, 1.54) is 24.7 Å². The van der Waals surface area contributed by atoms with Crippen LogP contribution in [-0.2, 0) is 0 Å². The number of benzene rings is 1. The molecule has 7 heteroatoms. The minimum Gasteiger partial charge on any atom is -0.394 e. The smallest absolute Gasteiger partial charge is 0.157 e. The monoisotopic (exact) mass is 316 g/mol. The molecule has 2 rings (SSSR count). The molecule has 0 saturated heterocycles. The van der Waals surface area contributed by atoms with E-state index in [4.69, 9.17) is 17.3 Å². The molecular formula is C10H7BrClFN4. The highest BCUT2D eigenvalue weighted by Gasteiger charge is 2.10. The number of anilines is 3. The van der Waals surface area contributed by atoms with Gasteiger partial charge in [0, 0.05) is 4.47 Å². The van der Waals surface area contributed by atoms with Gasteiger partial charge in [-0.15, -0.1) is 0 Å². The topological polar surface area (TPSA) is 63.8 Å². The van der Waals surface area contributed by atoms with Gasteiger partial charge >= 0.3 is 0 Å². The van der Waals surface area contributed by atoms with Crippen molar-refractivity contribution >= 4 is 44.7 Å². The molecule has 4 nitrogen and oxygen atoms in total. The molecule has 3 N–H and O–H groups in total. The fourth-order valence-electron chi connectivity index (χ4n) is 1.22. The molecule has 0 saturated carbocycles. The van der Waals surface area contributed by atoms with Crippen molar-refractivity contribution < 1.29 is 4.39 Å². The van der Waals surface area contributed by atoms with Crippen LogP contribution in [-0.4, -0.2) is 9.97 Å². The van der Waals surface area contributed by atoms with Gasteiger partial charge in [0.15, 0.2) is 5.82 Å². The predicted octanol–water partition coefficient (Wildman–Crippen LogP) is 3.36. The second-order valence-corrected chi connectivity index (χ2v) is 4.46. The van der Waals surface area contributed by atoms with Gasteiger partial charge in [0.1, 0.15) is 12.1 Å². The van der Waals surface area contributed by atoms with Crippen molar-refractivity contribution in [2.45, 2.75) is 0 Å². The third kappa shape index (κ3) is 2.65. The fourth-order valence-corrected chi connectivity index (χ4v) is 2.12. The van der Waals surface area contributed by atoms with Crippen LogP contribution in [0.2, 0.25) is 5.02 Å². The van der Waals surface area contributed by atoms with Crippen LogP contribution >= 0.6 is 27.5 Å². The molecule has 1 heterocycles. The summed E-state index contributed by atoms with van der Waals surface area (Å²) >= 11 is 9.13. The van der Waals surface area contributed by atoms with Gasteiger partial charge < -0.3 is 11.1 Å². The molecule has 0 fully saturated rings. The normalized spacial score (nSPS) is 10.3. The van der Waals surface area contributed by atoms with Gasteiger partial charge in [0.25, 0.3) is 0 Å². The molecule has 0 aliphatic carbocycles. The number of aromatic nitrogens is 2. The standard InChI is InChI=1S/C10H7BrClFN4/c11-6-1-5(13)2-7(12)9(6)17-10-8(14)3-15-4-16-10/h1-4H,14H2,(H,15,16,17). The van der Waals surface area contributed by atoms with E-state index >= 15 is 0 Å². The van der Waals surface area contributed by atoms with Crippen LogP contribution in [0.3, 0.4) is 0 Å². The van der Waals surface area contributed by atoms with E-state index in [-0.39, 0.29) is 5.02 Å². The van der Waals surface area contributed by atoms with Gasteiger partial charge in [-0.1, -0.05) is 11.6 Å². The van der Waals surface area contributed by atoms with Gasteiger partial charge in [-0.05, 0) is 28.1 Å². The van der Waals surface area contributed by atoms with Crippen LogP contribution in [0, 0.1) is 5.82 Å². The third-order valence-electron chi connectivity index (χ3n) is 1.99. The Labute approximate surface area is 110 Å². The second kappa shape index (κ2) is 4.85. The van der Waals surface area contributed by atoms with E-state index in [1.54, 1.807) is 0 Å². The second-order valence-electron chi connectivity index (χ2n) is 3.20. The summed E-state index contributed by atoms with van der Waals surface area (Å²) in [6.45, 7) is 0. The summed E-state index contributed by atoms with van der Waals surface area (Å²) in [6.07, 6.45) is 2.81. The van der Waals surface area contributed by atoms with Crippen molar-refractivity contribution in [2.24, 2.45) is 0 Å². The van der Waals surface area contributed by atoms with Crippen LogP contribution in [0.1, 0.15) is 0 Å². The molecule has 0 radical (unpaired) electrons. The zero-order valence-electron chi connectivity index (χ0n) is 8.42. The summed E-state index contributed by atoms with van der Waals surface area (Å²) < 4.78 is 13.5. The summed E-state index contributed by atoms with van der Waals surface area (Å²) in [5.41, 5.74) is 6.55. The molecule has 0 aliphatic rings. The number of nitrogens with two attached hydrogens (primary N) is 1. The van der Waals surface area contributed by atoms with E-state index in [1.807, 2.05) is 0 Å². The molecule has 88 valence electrons. The van der Waals surface area contributed by atoms with E-state index in [0.29, 0.717) is 21.7 Å². The highest BCUT2D eigenvalue weighted by Crippen LogP contribution is 2.34. The minimum atomic E-state index is -0.428. The molecule has 0 spiro atoms. The van der Waals surface area contributed by atoms with Crippen LogP contribution in [0.5, 0.6) is 0 Å². The number of nitrogens with zero attached hydrogens (tertiary/aromatic N) is 2. The zero-order valence-corrected chi connectivity index (χ0v) is 10.8. The van der Waals surface area contributed by atoms with Gasteiger partial charge in [-0.3, -0.25) is 0 Å². The van der Waals surface area contributed by atoms with E-state index in [9.17, 15) is 4.39 Å². The molecule has 0 amide bonds. The Bertz CT molecular complexity index is 541. The quantitative estimate of drug-likeness (QED) is 0.891. The number of hydrogen-bond acceptors (Lipinski definition) is 4. The Morgan fingerprint density at radius 1 is 1.41 bits per heavy atom. The lowest BCUT2D eigenvalue weighted by Crippen LogP contribution is -2.01. The zero-order chi connectivity index (χ0) is 12.4. The van der Waals surface area contributed by atoms with E-state index < -0.39 is 5.82 Å². The Kier molecular flexibility index (Phi) is 3.44. The van der Waals surface area contributed by atoms with Crippen LogP contribution < -0.4 is 11.1 Å². The Balaban J connectivity index is 2.40. The largest absolute Gasteiger partial charge is 0.394 e. The Hall–Kier alpha value is -1.40. The summed E-state index contributed by atoms with van der Waals surface area (Å²) in [6, 6.07) is 2.50. The molecule has 1 aromatic carbocycles. The maximum absolute atomic E-state index is 13.0. The summed E-state index contributed by atoms with van der Waals surface area (Å²) in [7, 11) is 0. The van der Waals surface area contributed by atoms with Crippen molar-refractivity contribution in [3.63, 3.8) is 0 Å². The van der Waals surface area contributed by atoms with Gasteiger partial charge in [0.2, 0.25) is 0 Å². The summed E-state index contributed by atoms with van der Waals surface area (Å²) in [5.74, 6) is -0.0164.